The molecule has 0 saturated carbocycles. The summed E-state index contributed by atoms with van der Waals surface area (Å²) in [5.74, 6) is -0.311. The number of fused-ring (bicyclic) bond motifs is 3. The van der Waals surface area contributed by atoms with Crippen molar-refractivity contribution in [1.82, 2.24) is 4.98 Å². The number of benzene rings is 1. The summed E-state index contributed by atoms with van der Waals surface area (Å²) in [7, 11) is 1.40. The van der Waals surface area contributed by atoms with Crippen molar-refractivity contribution in [3.8, 4) is 0 Å². The number of carbonyl (C=O) groups is 1. The number of aryl methyl sites for hydroxylation is 1. The van der Waals surface area contributed by atoms with Crippen LogP contribution >= 0.6 is 11.3 Å². The molecule has 0 atom stereocenters. The Labute approximate surface area is 108 Å². The van der Waals surface area contributed by atoms with Gasteiger partial charge in [-0.3, -0.25) is 0 Å². The lowest BCUT2D eigenvalue weighted by Crippen LogP contribution is -2.03. The average Bonchev–Trinajstić information content (AvgIpc) is 2.74. The van der Waals surface area contributed by atoms with E-state index in [-0.39, 0.29) is 5.97 Å². The topological polar surface area (TPSA) is 39.2 Å². The first kappa shape index (κ1) is 11.2. The van der Waals surface area contributed by atoms with E-state index < -0.39 is 0 Å². The normalized spacial score (nSPS) is 11.0. The molecule has 3 rings (SSSR count). The van der Waals surface area contributed by atoms with Gasteiger partial charge in [-0.05, 0) is 19.1 Å². The molecular weight excluding hydrogens is 246 g/mol. The first-order chi connectivity index (χ1) is 8.70. The van der Waals surface area contributed by atoms with E-state index in [1.807, 2.05) is 31.2 Å². The van der Waals surface area contributed by atoms with Crippen LogP contribution in [0.25, 0.3) is 20.3 Å². The number of esters is 1. The van der Waals surface area contributed by atoms with Crippen LogP contribution in [0.3, 0.4) is 0 Å². The molecule has 3 nitrogen and oxygen atoms in total. The van der Waals surface area contributed by atoms with Crippen molar-refractivity contribution >= 4 is 37.6 Å². The molecule has 0 N–H and O–H groups in total. The second-order valence-electron chi connectivity index (χ2n) is 4.08. The van der Waals surface area contributed by atoms with Gasteiger partial charge in [-0.25, -0.2) is 9.78 Å². The number of nitrogens with zero attached hydrogens (tertiary/aromatic N) is 1. The first-order valence-electron chi connectivity index (χ1n) is 5.58. The van der Waals surface area contributed by atoms with E-state index in [4.69, 9.17) is 4.74 Å². The molecule has 0 bridgehead atoms. The molecule has 90 valence electrons. The van der Waals surface area contributed by atoms with Gasteiger partial charge in [-0.1, -0.05) is 18.2 Å². The van der Waals surface area contributed by atoms with Gasteiger partial charge in [-0.15, -0.1) is 11.3 Å². The maximum Gasteiger partial charge on any atom is 0.338 e. The van der Waals surface area contributed by atoms with Crippen LogP contribution in [-0.4, -0.2) is 18.1 Å². The lowest BCUT2D eigenvalue weighted by atomic mass is 10.1. The number of carbonyl (C=O) groups excluding carboxylic acids is 1. The van der Waals surface area contributed by atoms with Crippen LogP contribution < -0.4 is 0 Å². The third-order valence-corrected chi connectivity index (χ3v) is 3.95. The van der Waals surface area contributed by atoms with E-state index in [2.05, 4.69) is 4.98 Å². The number of hydrogen-bond donors (Lipinski definition) is 0. The molecule has 0 aliphatic heterocycles. The van der Waals surface area contributed by atoms with Crippen LogP contribution in [0.15, 0.2) is 30.3 Å². The highest BCUT2D eigenvalue weighted by atomic mass is 32.1. The Kier molecular flexibility index (Phi) is 2.52. The van der Waals surface area contributed by atoms with Gasteiger partial charge in [0.05, 0.1) is 12.7 Å². The summed E-state index contributed by atoms with van der Waals surface area (Å²) >= 11 is 1.60. The molecular formula is C14H11NO2S. The van der Waals surface area contributed by atoms with Crippen molar-refractivity contribution in [1.29, 1.82) is 0 Å². The number of thiophene rings is 1. The highest BCUT2D eigenvalue weighted by molar-refractivity contribution is 7.25. The smallest absolute Gasteiger partial charge is 0.338 e. The maximum atomic E-state index is 11.9. The fourth-order valence-electron chi connectivity index (χ4n) is 2.12. The fraction of sp³-hybridized carbons (Fsp3) is 0.143. The summed E-state index contributed by atoms with van der Waals surface area (Å²) in [6, 6.07) is 9.79. The van der Waals surface area contributed by atoms with Crippen LogP contribution in [0.1, 0.15) is 16.1 Å². The van der Waals surface area contributed by atoms with Gasteiger partial charge in [-0.2, -0.15) is 0 Å². The lowest BCUT2D eigenvalue weighted by molar-refractivity contribution is 0.0603. The van der Waals surface area contributed by atoms with Crippen LogP contribution in [0.4, 0.5) is 0 Å². The second kappa shape index (κ2) is 4.07. The zero-order chi connectivity index (χ0) is 12.7. The Morgan fingerprint density at radius 1 is 1.33 bits per heavy atom. The summed E-state index contributed by atoms with van der Waals surface area (Å²) < 4.78 is 5.99. The maximum absolute atomic E-state index is 11.9. The molecule has 3 aromatic rings. The van der Waals surface area contributed by atoms with E-state index in [1.54, 1.807) is 17.4 Å². The largest absolute Gasteiger partial charge is 0.465 e. The van der Waals surface area contributed by atoms with Crippen molar-refractivity contribution in [3.05, 3.63) is 41.6 Å². The summed E-state index contributed by atoms with van der Waals surface area (Å²) in [4.78, 5) is 17.3. The minimum absolute atomic E-state index is 0.311. The lowest BCUT2D eigenvalue weighted by Gasteiger charge is -2.03. The highest BCUT2D eigenvalue weighted by Gasteiger charge is 2.16. The quantitative estimate of drug-likeness (QED) is 0.626. The van der Waals surface area contributed by atoms with Gasteiger partial charge < -0.3 is 4.74 Å². The number of rotatable bonds is 1. The van der Waals surface area contributed by atoms with E-state index >= 15 is 0 Å². The monoisotopic (exact) mass is 257 g/mol. The zero-order valence-corrected chi connectivity index (χ0v) is 10.9. The Balaban J connectivity index is 2.50. The molecule has 0 aliphatic carbocycles. The van der Waals surface area contributed by atoms with Gasteiger partial charge in [0.15, 0.2) is 0 Å². The van der Waals surface area contributed by atoms with Crippen LogP contribution in [0.2, 0.25) is 0 Å². The Morgan fingerprint density at radius 2 is 2.11 bits per heavy atom. The number of hydrogen-bond acceptors (Lipinski definition) is 4. The van der Waals surface area contributed by atoms with E-state index in [1.165, 1.54) is 7.11 Å². The summed E-state index contributed by atoms with van der Waals surface area (Å²) in [5.41, 5.74) is 1.42. The van der Waals surface area contributed by atoms with Gasteiger partial charge in [0.25, 0.3) is 0 Å². The zero-order valence-electron chi connectivity index (χ0n) is 10.1. The molecule has 1 aromatic carbocycles. The van der Waals surface area contributed by atoms with Gasteiger partial charge in [0.1, 0.15) is 4.83 Å². The molecule has 0 saturated heterocycles. The average molecular weight is 257 g/mol. The van der Waals surface area contributed by atoms with Crippen molar-refractivity contribution < 1.29 is 9.53 Å². The molecule has 0 aliphatic rings. The molecule has 4 heteroatoms. The van der Waals surface area contributed by atoms with Crippen molar-refractivity contribution in [3.63, 3.8) is 0 Å². The number of pyridine rings is 1. The fourth-order valence-corrected chi connectivity index (χ4v) is 3.26. The SMILES string of the molecule is COC(=O)c1cc(C)nc2sc3ccccc3c12. The molecule has 0 spiro atoms. The van der Waals surface area contributed by atoms with E-state index in [0.29, 0.717) is 5.56 Å². The third-order valence-electron chi connectivity index (χ3n) is 2.88. The van der Waals surface area contributed by atoms with Crippen LogP contribution in [0, 0.1) is 6.92 Å². The molecule has 0 unspecified atom stereocenters. The minimum atomic E-state index is -0.311. The van der Waals surface area contributed by atoms with Gasteiger partial charge in [0, 0.05) is 21.2 Å². The van der Waals surface area contributed by atoms with Crippen LogP contribution in [-0.2, 0) is 4.74 Å². The minimum Gasteiger partial charge on any atom is -0.465 e. The molecule has 0 radical (unpaired) electrons. The Morgan fingerprint density at radius 3 is 2.89 bits per heavy atom. The standard InChI is InChI=1S/C14H11NO2S/c1-8-7-10(14(16)17-2)12-9-5-3-4-6-11(9)18-13(12)15-8/h3-7H,1-2H3. The van der Waals surface area contributed by atoms with Gasteiger partial charge in [0.2, 0.25) is 0 Å². The molecule has 0 amide bonds. The molecule has 18 heavy (non-hydrogen) atoms. The van der Waals surface area contributed by atoms with Crippen molar-refractivity contribution in [2.45, 2.75) is 6.92 Å². The molecule has 2 heterocycles. The summed E-state index contributed by atoms with van der Waals surface area (Å²) in [6.07, 6.45) is 0. The highest BCUT2D eigenvalue weighted by Crippen LogP contribution is 2.35. The predicted octanol–water partition coefficient (Wildman–Crippen LogP) is 3.54. The Bertz CT molecular complexity index is 761. The van der Waals surface area contributed by atoms with Crippen molar-refractivity contribution in [2.75, 3.05) is 7.11 Å². The number of methoxy groups -OCH3 is 1. The van der Waals surface area contributed by atoms with E-state index in [9.17, 15) is 4.79 Å². The number of aromatic nitrogens is 1. The molecule has 2 aromatic heterocycles. The third kappa shape index (κ3) is 1.57. The summed E-state index contributed by atoms with van der Waals surface area (Å²) in [5, 5.41) is 1.96. The van der Waals surface area contributed by atoms with Crippen LogP contribution in [0.5, 0.6) is 0 Å². The predicted molar refractivity (Wildman–Crippen MR) is 73.2 cm³/mol. The first-order valence-corrected chi connectivity index (χ1v) is 6.39. The molecule has 0 fully saturated rings. The Hall–Kier alpha value is -1.94. The second-order valence-corrected chi connectivity index (χ2v) is 5.11. The van der Waals surface area contributed by atoms with Gasteiger partial charge >= 0.3 is 5.97 Å². The summed E-state index contributed by atoms with van der Waals surface area (Å²) in [6.45, 7) is 1.89. The van der Waals surface area contributed by atoms with E-state index in [0.717, 1.165) is 26.0 Å². The van der Waals surface area contributed by atoms with Crippen molar-refractivity contribution in [2.24, 2.45) is 0 Å². The number of ether oxygens (including phenoxy) is 1.